The second-order valence-corrected chi connectivity index (χ2v) is 7.65. The number of hydrogen-bond acceptors (Lipinski definition) is 1. The first-order chi connectivity index (χ1) is 10.5. The molecular weight excluding hydrogens is 296 g/mol. The lowest BCUT2D eigenvalue weighted by molar-refractivity contribution is -0.122. The summed E-state index contributed by atoms with van der Waals surface area (Å²) < 4.78 is 0. The average molecular weight is 317 g/mol. The van der Waals surface area contributed by atoms with E-state index in [0.29, 0.717) is 17.9 Å². The van der Waals surface area contributed by atoms with Crippen molar-refractivity contribution in [3.8, 4) is 0 Å². The predicted octanol–water partition coefficient (Wildman–Crippen LogP) is 4.36. The van der Waals surface area contributed by atoms with E-state index in [0.717, 1.165) is 33.6 Å². The SMILES string of the molecule is CC(C)c1cc2[nH]c(CNC(=O)C3CC34CC4)cc2cc1Cl. The lowest BCUT2D eigenvalue weighted by Gasteiger charge is -2.07. The van der Waals surface area contributed by atoms with Crippen LogP contribution in [0.25, 0.3) is 10.9 Å². The van der Waals surface area contributed by atoms with Crippen molar-refractivity contribution >= 4 is 28.4 Å². The fraction of sp³-hybridized carbons (Fsp3) is 0.500. The van der Waals surface area contributed by atoms with E-state index < -0.39 is 0 Å². The Morgan fingerprint density at radius 3 is 2.82 bits per heavy atom. The van der Waals surface area contributed by atoms with E-state index in [2.05, 4.69) is 36.3 Å². The van der Waals surface area contributed by atoms with Crippen LogP contribution in [0.4, 0.5) is 0 Å². The van der Waals surface area contributed by atoms with E-state index in [1.807, 2.05) is 6.07 Å². The minimum atomic E-state index is 0.219. The van der Waals surface area contributed by atoms with Gasteiger partial charge >= 0.3 is 0 Å². The summed E-state index contributed by atoms with van der Waals surface area (Å²) in [4.78, 5) is 15.5. The van der Waals surface area contributed by atoms with E-state index in [4.69, 9.17) is 11.6 Å². The number of halogens is 1. The van der Waals surface area contributed by atoms with Crippen molar-refractivity contribution in [3.63, 3.8) is 0 Å². The number of nitrogens with one attached hydrogen (secondary N) is 2. The minimum Gasteiger partial charge on any atom is -0.357 e. The summed E-state index contributed by atoms with van der Waals surface area (Å²) in [7, 11) is 0. The van der Waals surface area contributed by atoms with Crippen molar-refractivity contribution < 1.29 is 4.79 Å². The second-order valence-electron chi connectivity index (χ2n) is 7.25. The van der Waals surface area contributed by atoms with Gasteiger partial charge in [-0.05, 0) is 54.4 Å². The Morgan fingerprint density at radius 1 is 1.41 bits per heavy atom. The Morgan fingerprint density at radius 2 is 2.18 bits per heavy atom. The molecule has 0 radical (unpaired) electrons. The molecular formula is C18H21ClN2O. The van der Waals surface area contributed by atoms with Crippen LogP contribution in [0.2, 0.25) is 5.02 Å². The summed E-state index contributed by atoms with van der Waals surface area (Å²) in [6.45, 7) is 4.84. The number of benzene rings is 1. The van der Waals surface area contributed by atoms with E-state index in [1.165, 1.54) is 12.8 Å². The lowest BCUT2D eigenvalue weighted by Crippen LogP contribution is -2.25. The van der Waals surface area contributed by atoms with Crippen LogP contribution in [-0.4, -0.2) is 10.9 Å². The molecule has 2 aliphatic rings. The Hall–Kier alpha value is -1.48. The van der Waals surface area contributed by atoms with Gasteiger partial charge in [-0.1, -0.05) is 25.4 Å². The Balaban J connectivity index is 1.49. The van der Waals surface area contributed by atoms with Gasteiger partial charge in [0.15, 0.2) is 0 Å². The van der Waals surface area contributed by atoms with Crippen LogP contribution >= 0.6 is 11.6 Å². The van der Waals surface area contributed by atoms with Crippen molar-refractivity contribution in [2.45, 2.75) is 45.6 Å². The first-order valence-electron chi connectivity index (χ1n) is 8.07. The predicted molar refractivity (Wildman–Crippen MR) is 89.0 cm³/mol. The Bertz CT molecular complexity index is 758. The number of H-pyrrole nitrogens is 1. The first kappa shape index (κ1) is 14.1. The molecule has 1 heterocycles. The summed E-state index contributed by atoms with van der Waals surface area (Å²) in [5.41, 5.74) is 3.69. The zero-order chi connectivity index (χ0) is 15.5. The third-order valence-electron chi connectivity index (χ3n) is 5.27. The molecule has 2 fully saturated rings. The summed E-state index contributed by atoms with van der Waals surface area (Å²) in [5.74, 6) is 0.892. The molecule has 3 nitrogen and oxygen atoms in total. The molecule has 0 bridgehead atoms. The van der Waals surface area contributed by atoms with Gasteiger partial charge in [0.1, 0.15) is 0 Å². The number of carbonyl (C=O) groups excluding carboxylic acids is 1. The molecule has 1 amide bonds. The maximum absolute atomic E-state index is 12.1. The van der Waals surface area contributed by atoms with Gasteiger partial charge in [-0.25, -0.2) is 0 Å². The summed E-state index contributed by atoms with van der Waals surface area (Å²) in [6.07, 6.45) is 3.58. The molecule has 1 spiro atoms. The van der Waals surface area contributed by atoms with Crippen molar-refractivity contribution in [1.29, 1.82) is 0 Å². The lowest BCUT2D eigenvalue weighted by atomic mass is 10.0. The van der Waals surface area contributed by atoms with Gasteiger partial charge in [-0.15, -0.1) is 0 Å². The number of rotatable bonds is 4. The third kappa shape index (κ3) is 2.32. The molecule has 2 aromatic rings. The number of hydrogen-bond donors (Lipinski definition) is 2. The molecule has 1 aromatic heterocycles. The van der Waals surface area contributed by atoms with Crippen LogP contribution in [0.1, 0.15) is 50.3 Å². The van der Waals surface area contributed by atoms with Crippen LogP contribution in [0.5, 0.6) is 0 Å². The molecule has 2 N–H and O–H groups in total. The van der Waals surface area contributed by atoms with Gasteiger partial charge in [-0.2, -0.15) is 0 Å². The van der Waals surface area contributed by atoms with Gasteiger partial charge in [0, 0.05) is 27.5 Å². The molecule has 4 heteroatoms. The quantitative estimate of drug-likeness (QED) is 0.864. The molecule has 116 valence electrons. The molecule has 1 atom stereocenters. The third-order valence-corrected chi connectivity index (χ3v) is 5.59. The highest BCUT2D eigenvalue weighted by atomic mass is 35.5. The van der Waals surface area contributed by atoms with Crippen LogP contribution in [0.15, 0.2) is 18.2 Å². The summed E-state index contributed by atoms with van der Waals surface area (Å²) in [5, 5.41) is 4.98. The van der Waals surface area contributed by atoms with E-state index in [-0.39, 0.29) is 11.8 Å². The highest BCUT2D eigenvalue weighted by molar-refractivity contribution is 6.32. The monoisotopic (exact) mass is 316 g/mol. The molecule has 1 unspecified atom stereocenters. The van der Waals surface area contributed by atoms with E-state index >= 15 is 0 Å². The summed E-state index contributed by atoms with van der Waals surface area (Å²) in [6, 6.07) is 6.20. The van der Waals surface area contributed by atoms with Gasteiger partial charge in [0.2, 0.25) is 5.91 Å². The smallest absolute Gasteiger partial charge is 0.224 e. The highest BCUT2D eigenvalue weighted by Gasteiger charge is 2.65. The Labute approximate surface area is 135 Å². The molecule has 0 aliphatic heterocycles. The van der Waals surface area contributed by atoms with Crippen molar-refractivity contribution in [1.82, 2.24) is 10.3 Å². The average Bonchev–Trinajstić information content (AvgIpc) is 3.36. The number of fused-ring (bicyclic) bond motifs is 1. The van der Waals surface area contributed by atoms with Gasteiger partial charge in [0.25, 0.3) is 0 Å². The number of aromatic nitrogens is 1. The highest BCUT2D eigenvalue weighted by Crippen LogP contribution is 2.70. The zero-order valence-electron chi connectivity index (χ0n) is 13.0. The molecule has 0 saturated heterocycles. The van der Waals surface area contributed by atoms with E-state index in [9.17, 15) is 4.79 Å². The molecule has 2 aliphatic carbocycles. The minimum absolute atomic E-state index is 0.219. The van der Waals surface area contributed by atoms with E-state index in [1.54, 1.807) is 0 Å². The van der Waals surface area contributed by atoms with Crippen LogP contribution in [0.3, 0.4) is 0 Å². The van der Waals surface area contributed by atoms with Crippen molar-refractivity contribution in [2.75, 3.05) is 0 Å². The van der Waals surface area contributed by atoms with Crippen LogP contribution < -0.4 is 5.32 Å². The maximum Gasteiger partial charge on any atom is 0.224 e. The molecule has 22 heavy (non-hydrogen) atoms. The number of carbonyl (C=O) groups is 1. The van der Waals surface area contributed by atoms with Gasteiger partial charge in [0.05, 0.1) is 6.54 Å². The Kier molecular flexibility index (Phi) is 3.06. The standard InChI is InChI=1S/C18H21ClN2O/c1-10(2)13-7-16-11(6-15(13)19)5-12(21-16)9-20-17(22)14-8-18(14)3-4-18/h5-7,10,14,21H,3-4,8-9H2,1-2H3,(H,20,22). The molecule has 1 aromatic carbocycles. The summed E-state index contributed by atoms with van der Waals surface area (Å²) >= 11 is 6.34. The fourth-order valence-electron chi connectivity index (χ4n) is 3.50. The fourth-order valence-corrected chi connectivity index (χ4v) is 3.89. The largest absolute Gasteiger partial charge is 0.357 e. The topological polar surface area (TPSA) is 44.9 Å². The first-order valence-corrected chi connectivity index (χ1v) is 8.45. The van der Waals surface area contributed by atoms with Gasteiger partial charge < -0.3 is 10.3 Å². The van der Waals surface area contributed by atoms with Crippen LogP contribution in [0, 0.1) is 11.3 Å². The molecule has 4 rings (SSSR count). The number of amides is 1. The number of aromatic amines is 1. The molecule has 2 saturated carbocycles. The normalized spacial score (nSPS) is 21.5. The zero-order valence-corrected chi connectivity index (χ0v) is 13.8. The van der Waals surface area contributed by atoms with Crippen LogP contribution in [-0.2, 0) is 11.3 Å². The van der Waals surface area contributed by atoms with Crippen molar-refractivity contribution in [2.24, 2.45) is 11.3 Å². The van der Waals surface area contributed by atoms with Crippen molar-refractivity contribution in [3.05, 3.63) is 34.5 Å². The second kappa shape index (κ2) is 4.76. The maximum atomic E-state index is 12.1. The van der Waals surface area contributed by atoms with Gasteiger partial charge in [-0.3, -0.25) is 4.79 Å².